The average molecular weight is 352 g/mol. The second-order valence-electron chi connectivity index (χ2n) is 5.49. The lowest BCUT2D eigenvalue weighted by molar-refractivity contribution is -0.135. The summed E-state index contributed by atoms with van der Waals surface area (Å²) in [5.41, 5.74) is 0.849. The Hall–Kier alpha value is -1.41. The molecule has 0 aliphatic carbocycles. The van der Waals surface area contributed by atoms with Gasteiger partial charge in [0.1, 0.15) is 10.4 Å². The Labute approximate surface area is 143 Å². The van der Waals surface area contributed by atoms with E-state index in [1.54, 1.807) is 30.0 Å². The number of piperidine rings is 1. The van der Waals surface area contributed by atoms with Crippen LogP contribution >= 0.6 is 23.1 Å². The average Bonchev–Trinajstić information content (AvgIpc) is 3.17. The molecule has 1 atom stereocenters. The van der Waals surface area contributed by atoms with Gasteiger partial charge >= 0.3 is 0 Å². The summed E-state index contributed by atoms with van der Waals surface area (Å²) in [6, 6.07) is -0.0967. The number of thiazole rings is 1. The number of rotatable bonds is 5. The fourth-order valence-electron chi connectivity index (χ4n) is 2.75. The summed E-state index contributed by atoms with van der Waals surface area (Å²) in [7, 11) is 0. The standard InChI is InChI=1S/C15H20N4O2S2/c1-3-22-15-17-11(9-23-15)8-13(20)19-7-5-4-6-12(19)14-16-10(2)18-21-14/h9,12H,3-8H2,1-2H3/t12-/m0/s1. The molecule has 3 heterocycles. The van der Waals surface area contributed by atoms with Gasteiger partial charge in [0.2, 0.25) is 11.8 Å². The van der Waals surface area contributed by atoms with E-state index in [0.717, 1.165) is 41.6 Å². The van der Waals surface area contributed by atoms with Gasteiger partial charge in [0.25, 0.3) is 0 Å². The minimum Gasteiger partial charge on any atom is -0.337 e. The third-order valence-corrected chi connectivity index (χ3v) is 5.73. The molecule has 1 aliphatic rings. The lowest BCUT2D eigenvalue weighted by Gasteiger charge is -2.33. The summed E-state index contributed by atoms with van der Waals surface area (Å²) in [6.07, 6.45) is 3.30. The van der Waals surface area contributed by atoms with Gasteiger partial charge < -0.3 is 9.42 Å². The molecule has 8 heteroatoms. The van der Waals surface area contributed by atoms with Crippen LogP contribution in [0.15, 0.2) is 14.2 Å². The van der Waals surface area contributed by atoms with Crippen LogP contribution in [-0.2, 0) is 11.2 Å². The van der Waals surface area contributed by atoms with E-state index in [2.05, 4.69) is 22.0 Å². The lowest BCUT2D eigenvalue weighted by Crippen LogP contribution is -2.39. The molecule has 2 aromatic rings. The highest BCUT2D eigenvalue weighted by molar-refractivity contribution is 8.00. The van der Waals surface area contributed by atoms with Crippen LogP contribution in [0.25, 0.3) is 0 Å². The molecule has 0 spiro atoms. The van der Waals surface area contributed by atoms with E-state index in [-0.39, 0.29) is 11.9 Å². The smallest absolute Gasteiger partial charge is 0.249 e. The zero-order valence-electron chi connectivity index (χ0n) is 13.3. The summed E-state index contributed by atoms with van der Waals surface area (Å²) >= 11 is 3.31. The van der Waals surface area contributed by atoms with Gasteiger partial charge in [-0.2, -0.15) is 4.98 Å². The van der Waals surface area contributed by atoms with E-state index in [1.807, 2.05) is 10.3 Å². The first-order valence-electron chi connectivity index (χ1n) is 7.84. The number of likely N-dealkylation sites (tertiary alicyclic amines) is 1. The Morgan fingerprint density at radius 3 is 3.09 bits per heavy atom. The number of hydrogen-bond acceptors (Lipinski definition) is 7. The van der Waals surface area contributed by atoms with Crippen LogP contribution in [0.5, 0.6) is 0 Å². The third-order valence-electron chi connectivity index (χ3n) is 3.78. The van der Waals surface area contributed by atoms with Crippen LogP contribution in [0.4, 0.5) is 0 Å². The van der Waals surface area contributed by atoms with Gasteiger partial charge in [-0.1, -0.05) is 23.8 Å². The second kappa shape index (κ2) is 7.44. The molecule has 2 aromatic heterocycles. The molecule has 0 unspecified atom stereocenters. The summed E-state index contributed by atoms with van der Waals surface area (Å²) in [4.78, 5) is 23.4. The highest BCUT2D eigenvalue weighted by Crippen LogP contribution is 2.31. The zero-order chi connectivity index (χ0) is 16.2. The third kappa shape index (κ3) is 3.92. The van der Waals surface area contributed by atoms with Gasteiger partial charge in [-0.3, -0.25) is 4.79 Å². The van der Waals surface area contributed by atoms with Crippen molar-refractivity contribution in [2.45, 2.75) is 49.9 Å². The van der Waals surface area contributed by atoms with Gasteiger partial charge in [0, 0.05) is 11.9 Å². The van der Waals surface area contributed by atoms with E-state index in [4.69, 9.17) is 4.52 Å². The summed E-state index contributed by atoms with van der Waals surface area (Å²) < 4.78 is 6.32. The van der Waals surface area contributed by atoms with Crippen LogP contribution in [-0.4, -0.2) is 38.2 Å². The number of thioether (sulfide) groups is 1. The normalized spacial score (nSPS) is 18.3. The molecule has 0 saturated carbocycles. The highest BCUT2D eigenvalue weighted by atomic mass is 32.2. The first-order chi connectivity index (χ1) is 11.2. The maximum Gasteiger partial charge on any atom is 0.249 e. The number of carbonyl (C=O) groups excluding carboxylic acids is 1. The van der Waals surface area contributed by atoms with Crippen molar-refractivity contribution in [3.05, 3.63) is 22.8 Å². The molecule has 6 nitrogen and oxygen atoms in total. The number of nitrogens with zero attached hydrogens (tertiary/aromatic N) is 4. The Bertz CT molecular complexity index is 670. The van der Waals surface area contributed by atoms with Gasteiger partial charge in [-0.15, -0.1) is 11.3 Å². The molecular formula is C15H20N4O2S2. The predicted octanol–water partition coefficient (Wildman–Crippen LogP) is 3.24. The van der Waals surface area contributed by atoms with Gasteiger partial charge in [-0.05, 0) is 31.9 Å². The van der Waals surface area contributed by atoms with E-state index in [1.165, 1.54) is 0 Å². The summed E-state index contributed by atoms with van der Waals surface area (Å²) in [5, 5.41) is 5.83. The van der Waals surface area contributed by atoms with Crippen molar-refractivity contribution < 1.29 is 9.32 Å². The van der Waals surface area contributed by atoms with Crippen LogP contribution < -0.4 is 0 Å². The molecule has 1 amide bonds. The number of aromatic nitrogens is 3. The molecule has 0 aromatic carbocycles. The van der Waals surface area contributed by atoms with Crippen molar-refractivity contribution in [3.63, 3.8) is 0 Å². The Balaban J connectivity index is 1.70. The van der Waals surface area contributed by atoms with E-state index < -0.39 is 0 Å². The molecule has 3 rings (SSSR count). The van der Waals surface area contributed by atoms with E-state index in [9.17, 15) is 4.79 Å². The Morgan fingerprint density at radius 1 is 1.48 bits per heavy atom. The van der Waals surface area contributed by atoms with Crippen molar-refractivity contribution in [2.24, 2.45) is 0 Å². The lowest BCUT2D eigenvalue weighted by atomic mass is 10.0. The minimum atomic E-state index is -0.0967. The largest absolute Gasteiger partial charge is 0.337 e. The van der Waals surface area contributed by atoms with Gasteiger partial charge in [0.05, 0.1) is 12.1 Å². The number of aryl methyl sites for hydroxylation is 1. The first kappa shape index (κ1) is 16.4. The SMILES string of the molecule is CCSc1nc(CC(=O)N2CCCC[C@H]2c2nc(C)no2)cs1. The molecule has 0 N–H and O–H groups in total. The summed E-state index contributed by atoms with van der Waals surface area (Å²) in [6.45, 7) is 4.64. The molecule has 1 saturated heterocycles. The van der Waals surface area contributed by atoms with Crippen LogP contribution in [0, 0.1) is 6.92 Å². The van der Waals surface area contributed by atoms with E-state index >= 15 is 0 Å². The molecule has 124 valence electrons. The van der Waals surface area contributed by atoms with Crippen molar-refractivity contribution in [2.75, 3.05) is 12.3 Å². The molecule has 0 bridgehead atoms. The predicted molar refractivity (Wildman–Crippen MR) is 89.6 cm³/mol. The number of amides is 1. The maximum absolute atomic E-state index is 12.7. The first-order valence-corrected chi connectivity index (χ1v) is 9.70. The number of hydrogen-bond donors (Lipinski definition) is 0. The molecular weight excluding hydrogens is 332 g/mol. The van der Waals surface area contributed by atoms with Gasteiger partial charge in [0.15, 0.2) is 5.82 Å². The van der Waals surface area contributed by atoms with Crippen LogP contribution in [0.2, 0.25) is 0 Å². The molecule has 23 heavy (non-hydrogen) atoms. The van der Waals surface area contributed by atoms with Crippen molar-refractivity contribution in [1.29, 1.82) is 0 Å². The van der Waals surface area contributed by atoms with Crippen molar-refractivity contribution >= 4 is 29.0 Å². The zero-order valence-corrected chi connectivity index (χ0v) is 15.0. The number of carbonyl (C=O) groups is 1. The van der Waals surface area contributed by atoms with Gasteiger partial charge in [-0.25, -0.2) is 4.98 Å². The van der Waals surface area contributed by atoms with E-state index in [0.29, 0.717) is 18.1 Å². The topological polar surface area (TPSA) is 72.1 Å². The fraction of sp³-hybridized carbons (Fsp3) is 0.600. The summed E-state index contributed by atoms with van der Waals surface area (Å²) in [5.74, 6) is 2.24. The molecule has 1 aliphatic heterocycles. The second-order valence-corrected chi connectivity index (χ2v) is 7.86. The molecule has 1 fully saturated rings. The fourth-order valence-corrected chi connectivity index (χ4v) is 4.49. The van der Waals surface area contributed by atoms with Crippen LogP contribution in [0.1, 0.15) is 49.6 Å². The van der Waals surface area contributed by atoms with Crippen molar-refractivity contribution in [1.82, 2.24) is 20.0 Å². The minimum absolute atomic E-state index is 0.0869. The maximum atomic E-state index is 12.7. The monoisotopic (exact) mass is 352 g/mol. The quantitative estimate of drug-likeness (QED) is 0.769. The van der Waals surface area contributed by atoms with Crippen molar-refractivity contribution in [3.8, 4) is 0 Å². The molecule has 0 radical (unpaired) electrons. The van der Waals surface area contributed by atoms with Crippen LogP contribution in [0.3, 0.4) is 0 Å². The highest BCUT2D eigenvalue weighted by Gasteiger charge is 2.32. The Morgan fingerprint density at radius 2 is 2.35 bits per heavy atom. The Kier molecular flexibility index (Phi) is 5.32.